The van der Waals surface area contributed by atoms with Gasteiger partial charge in [0.2, 0.25) is 0 Å². The summed E-state index contributed by atoms with van der Waals surface area (Å²) in [5, 5.41) is 0. The summed E-state index contributed by atoms with van der Waals surface area (Å²) >= 11 is 0. The highest BCUT2D eigenvalue weighted by molar-refractivity contribution is 4.72. The van der Waals surface area contributed by atoms with Crippen LogP contribution in [0.15, 0.2) is 0 Å². The van der Waals surface area contributed by atoms with Crippen LogP contribution in [-0.2, 0) is 4.74 Å². The highest BCUT2D eigenvalue weighted by Crippen LogP contribution is 2.22. The van der Waals surface area contributed by atoms with Crippen LogP contribution in [0.1, 0.15) is 77.6 Å². The van der Waals surface area contributed by atoms with Crippen molar-refractivity contribution in [3.8, 4) is 0 Å². The van der Waals surface area contributed by atoms with E-state index in [1.54, 1.807) is 0 Å². The summed E-state index contributed by atoms with van der Waals surface area (Å²) in [5.74, 6) is 6.51. The van der Waals surface area contributed by atoms with Gasteiger partial charge in [-0.3, -0.25) is 11.3 Å². The van der Waals surface area contributed by atoms with Crippen LogP contribution in [-0.4, -0.2) is 19.3 Å². The monoisotopic (exact) mass is 270 g/mol. The molecule has 114 valence electrons. The van der Waals surface area contributed by atoms with Gasteiger partial charge in [0, 0.05) is 19.3 Å². The van der Waals surface area contributed by atoms with Crippen molar-refractivity contribution in [3.05, 3.63) is 0 Å². The predicted octanol–water partition coefficient (Wildman–Crippen LogP) is 3.78. The average molecular weight is 270 g/mol. The minimum atomic E-state index is 0.513. The number of ether oxygens (including phenoxy) is 1. The zero-order valence-corrected chi connectivity index (χ0v) is 12.8. The van der Waals surface area contributed by atoms with Crippen LogP contribution in [0.25, 0.3) is 0 Å². The molecular formula is C16H34N2O. The minimum Gasteiger partial charge on any atom is -0.381 e. The molecule has 1 aliphatic rings. The van der Waals surface area contributed by atoms with E-state index in [1.165, 1.54) is 70.6 Å². The Balaban J connectivity index is 1.98. The summed E-state index contributed by atoms with van der Waals surface area (Å²) in [6.07, 6.45) is 14.6. The number of nitrogens with one attached hydrogen (secondary N) is 1. The number of hydrogen-bond acceptors (Lipinski definition) is 3. The van der Waals surface area contributed by atoms with E-state index < -0.39 is 0 Å². The van der Waals surface area contributed by atoms with Crippen LogP contribution in [0.3, 0.4) is 0 Å². The molecule has 0 aromatic heterocycles. The molecule has 0 aromatic rings. The standard InChI is InChI=1S/C16H34N2O/c1-2-3-4-5-6-7-8-9-16(18-17)14-15-10-12-19-13-11-15/h15-16,18H,2-14,17H2,1H3. The SMILES string of the molecule is CCCCCCCCCC(CC1CCOCC1)NN. The van der Waals surface area contributed by atoms with Crippen LogP contribution in [0.4, 0.5) is 0 Å². The number of hydrogen-bond donors (Lipinski definition) is 2. The van der Waals surface area contributed by atoms with Crippen molar-refractivity contribution in [1.29, 1.82) is 0 Å². The van der Waals surface area contributed by atoms with Crippen LogP contribution >= 0.6 is 0 Å². The first-order chi connectivity index (χ1) is 9.36. The van der Waals surface area contributed by atoms with Gasteiger partial charge in [0.25, 0.3) is 0 Å². The maximum absolute atomic E-state index is 5.69. The summed E-state index contributed by atoms with van der Waals surface area (Å²) in [4.78, 5) is 0. The summed E-state index contributed by atoms with van der Waals surface area (Å²) in [6.45, 7) is 4.16. The van der Waals surface area contributed by atoms with Crippen molar-refractivity contribution in [1.82, 2.24) is 5.43 Å². The molecule has 0 aromatic carbocycles. The molecule has 0 bridgehead atoms. The maximum Gasteiger partial charge on any atom is 0.0468 e. The Morgan fingerprint density at radius 1 is 1.05 bits per heavy atom. The molecule has 1 aliphatic heterocycles. The van der Waals surface area contributed by atoms with Gasteiger partial charge in [-0.2, -0.15) is 0 Å². The van der Waals surface area contributed by atoms with Crippen molar-refractivity contribution in [2.24, 2.45) is 11.8 Å². The molecule has 0 radical (unpaired) electrons. The molecule has 0 spiro atoms. The Morgan fingerprint density at radius 2 is 1.68 bits per heavy atom. The van der Waals surface area contributed by atoms with Gasteiger partial charge in [-0.25, -0.2) is 0 Å². The molecule has 3 N–H and O–H groups in total. The molecule has 1 rings (SSSR count). The lowest BCUT2D eigenvalue weighted by molar-refractivity contribution is 0.0601. The summed E-state index contributed by atoms with van der Waals surface area (Å²) in [7, 11) is 0. The lowest BCUT2D eigenvalue weighted by Crippen LogP contribution is -2.37. The van der Waals surface area contributed by atoms with E-state index in [4.69, 9.17) is 10.6 Å². The van der Waals surface area contributed by atoms with Gasteiger partial charge >= 0.3 is 0 Å². The Morgan fingerprint density at radius 3 is 2.32 bits per heavy atom. The quantitative estimate of drug-likeness (QED) is 0.341. The minimum absolute atomic E-state index is 0.513. The lowest BCUT2D eigenvalue weighted by atomic mass is 9.90. The molecule has 0 saturated carbocycles. The van der Waals surface area contributed by atoms with Gasteiger partial charge < -0.3 is 4.74 Å². The Labute approximate surface area is 119 Å². The molecule has 1 fully saturated rings. The van der Waals surface area contributed by atoms with Crippen LogP contribution in [0.5, 0.6) is 0 Å². The van der Waals surface area contributed by atoms with E-state index in [0.717, 1.165) is 19.1 Å². The Kier molecular flexibility index (Phi) is 10.4. The highest BCUT2D eigenvalue weighted by Gasteiger charge is 2.18. The Hall–Kier alpha value is -0.120. The predicted molar refractivity (Wildman–Crippen MR) is 81.9 cm³/mol. The molecule has 3 heteroatoms. The van der Waals surface area contributed by atoms with Crippen LogP contribution in [0.2, 0.25) is 0 Å². The molecular weight excluding hydrogens is 236 g/mol. The largest absolute Gasteiger partial charge is 0.381 e. The van der Waals surface area contributed by atoms with E-state index in [-0.39, 0.29) is 0 Å². The molecule has 1 saturated heterocycles. The molecule has 1 heterocycles. The van der Waals surface area contributed by atoms with Crippen molar-refractivity contribution in [2.75, 3.05) is 13.2 Å². The van der Waals surface area contributed by atoms with Gasteiger partial charge in [0.15, 0.2) is 0 Å². The van der Waals surface area contributed by atoms with E-state index in [1.807, 2.05) is 0 Å². The zero-order valence-electron chi connectivity index (χ0n) is 12.8. The normalized spacial score (nSPS) is 18.6. The lowest BCUT2D eigenvalue weighted by Gasteiger charge is -2.26. The fourth-order valence-corrected chi connectivity index (χ4v) is 3.00. The van der Waals surface area contributed by atoms with E-state index in [2.05, 4.69) is 12.3 Å². The fourth-order valence-electron chi connectivity index (χ4n) is 3.00. The molecule has 0 amide bonds. The third kappa shape index (κ3) is 8.61. The van der Waals surface area contributed by atoms with E-state index in [9.17, 15) is 0 Å². The van der Waals surface area contributed by atoms with Gasteiger partial charge in [-0.15, -0.1) is 0 Å². The van der Waals surface area contributed by atoms with E-state index >= 15 is 0 Å². The first-order valence-electron chi connectivity index (χ1n) is 8.40. The molecule has 1 unspecified atom stereocenters. The number of hydrazine groups is 1. The Bertz CT molecular complexity index is 193. The summed E-state index contributed by atoms with van der Waals surface area (Å²) < 4.78 is 5.41. The summed E-state index contributed by atoms with van der Waals surface area (Å²) in [5.41, 5.74) is 3.02. The van der Waals surface area contributed by atoms with Crippen LogP contribution < -0.4 is 11.3 Å². The van der Waals surface area contributed by atoms with E-state index in [0.29, 0.717) is 6.04 Å². The first kappa shape index (κ1) is 16.9. The highest BCUT2D eigenvalue weighted by atomic mass is 16.5. The van der Waals surface area contributed by atoms with Gasteiger partial charge in [0.1, 0.15) is 0 Å². The fraction of sp³-hybridized carbons (Fsp3) is 1.00. The molecule has 0 aliphatic carbocycles. The van der Waals surface area contributed by atoms with Gasteiger partial charge in [0.05, 0.1) is 0 Å². The van der Waals surface area contributed by atoms with Gasteiger partial charge in [-0.05, 0) is 31.6 Å². The average Bonchev–Trinajstić information content (AvgIpc) is 2.46. The van der Waals surface area contributed by atoms with Crippen molar-refractivity contribution in [3.63, 3.8) is 0 Å². The zero-order chi connectivity index (χ0) is 13.8. The molecule has 1 atom stereocenters. The second kappa shape index (κ2) is 11.7. The van der Waals surface area contributed by atoms with Crippen molar-refractivity contribution < 1.29 is 4.74 Å². The van der Waals surface area contributed by atoms with Crippen LogP contribution in [0, 0.1) is 5.92 Å². The second-order valence-corrected chi connectivity index (χ2v) is 6.07. The number of unbranched alkanes of at least 4 members (excludes halogenated alkanes) is 6. The number of nitrogens with two attached hydrogens (primary N) is 1. The first-order valence-corrected chi connectivity index (χ1v) is 8.40. The van der Waals surface area contributed by atoms with Crippen molar-refractivity contribution in [2.45, 2.75) is 83.6 Å². The third-order valence-electron chi connectivity index (χ3n) is 4.35. The maximum atomic E-state index is 5.69. The number of rotatable bonds is 11. The molecule has 19 heavy (non-hydrogen) atoms. The topological polar surface area (TPSA) is 47.3 Å². The van der Waals surface area contributed by atoms with Crippen molar-refractivity contribution >= 4 is 0 Å². The van der Waals surface area contributed by atoms with Gasteiger partial charge in [-0.1, -0.05) is 51.9 Å². The second-order valence-electron chi connectivity index (χ2n) is 6.07. The molecule has 3 nitrogen and oxygen atoms in total. The third-order valence-corrected chi connectivity index (χ3v) is 4.35. The summed E-state index contributed by atoms with van der Waals surface area (Å²) in [6, 6.07) is 0.513. The smallest absolute Gasteiger partial charge is 0.0468 e.